The predicted octanol–water partition coefficient (Wildman–Crippen LogP) is 5.39. The molecule has 1 fully saturated rings. The normalized spacial score (nSPS) is 16.9. The Kier molecular flexibility index (Phi) is 6.63. The monoisotopic (exact) mass is 522 g/mol. The minimum atomic E-state index is -4.64. The van der Waals surface area contributed by atoms with Crippen LogP contribution in [-0.4, -0.2) is 57.2 Å². The number of ether oxygens (including phenoxy) is 1. The van der Waals surface area contributed by atoms with Gasteiger partial charge in [0.25, 0.3) is 0 Å². The van der Waals surface area contributed by atoms with Crippen molar-refractivity contribution in [3.8, 4) is 11.3 Å². The molecule has 4 rings (SSSR count). The van der Waals surface area contributed by atoms with Gasteiger partial charge in [0.1, 0.15) is 23.6 Å². The summed E-state index contributed by atoms with van der Waals surface area (Å²) in [5.74, 6) is 0.510. The van der Waals surface area contributed by atoms with Crippen LogP contribution in [0, 0.1) is 0 Å². The Balaban J connectivity index is 1.69. The number of hydrogen-bond donors (Lipinski definition) is 1. The number of benzene rings is 1. The van der Waals surface area contributed by atoms with Gasteiger partial charge in [0, 0.05) is 36.6 Å². The number of pyridine rings is 1. The highest BCUT2D eigenvalue weighted by atomic mass is 35.5. The van der Waals surface area contributed by atoms with Crippen molar-refractivity contribution in [2.24, 2.45) is 0 Å². The first kappa shape index (κ1) is 25.7. The third-order valence-corrected chi connectivity index (χ3v) is 6.04. The Hall–Kier alpha value is -3.34. The van der Waals surface area contributed by atoms with E-state index >= 15 is 0 Å². The van der Waals surface area contributed by atoms with Crippen LogP contribution in [0.4, 0.5) is 29.6 Å². The summed E-state index contributed by atoms with van der Waals surface area (Å²) in [6.07, 6.45) is -3.68. The number of aromatic nitrogens is 3. The van der Waals surface area contributed by atoms with Crippen molar-refractivity contribution in [2.45, 2.75) is 45.5 Å². The van der Waals surface area contributed by atoms with Crippen LogP contribution >= 0.6 is 11.6 Å². The fourth-order valence-corrected chi connectivity index (χ4v) is 4.40. The largest absolute Gasteiger partial charge is 0.444 e. The van der Waals surface area contributed by atoms with Gasteiger partial charge in [-0.05, 0) is 52.0 Å². The van der Waals surface area contributed by atoms with E-state index in [0.29, 0.717) is 36.4 Å². The van der Waals surface area contributed by atoms with Gasteiger partial charge in [-0.3, -0.25) is 0 Å². The van der Waals surface area contributed by atoms with E-state index < -0.39 is 17.3 Å². The molecule has 8 nitrogen and oxygen atoms in total. The molecule has 1 amide bonds. The molecule has 2 aromatic heterocycles. The Labute approximate surface area is 211 Å². The first-order valence-electron chi connectivity index (χ1n) is 11.3. The molecule has 1 atom stereocenters. The number of rotatable bonds is 2. The number of nitrogens with zero attached hydrogens (tertiary/aromatic N) is 5. The second-order valence-electron chi connectivity index (χ2n) is 9.65. The molecule has 192 valence electrons. The van der Waals surface area contributed by atoms with Crippen molar-refractivity contribution in [3.63, 3.8) is 0 Å². The molecular weight excluding hydrogens is 497 g/mol. The molecule has 0 saturated carbocycles. The molecule has 0 bridgehead atoms. The third-order valence-electron chi connectivity index (χ3n) is 5.73. The lowest BCUT2D eigenvalue weighted by Gasteiger charge is -2.41. The van der Waals surface area contributed by atoms with Gasteiger partial charge < -0.3 is 20.3 Å². The van der Waals surface area contributed by atoms with Gasteiger partial charge in [-0.25, -0.2) is 19.7 Å². The van der Waals surface area contributed by atoms with Crippen LogP contribution in [0.1, 0.15) is 33.3 Å². The van der Waals surface area contributed by atoms with E-state index in [1.54, 1.807) is 11.0 Å². The van der Waals surface area contributed by atoms with Crippen molar-refractivity contribution in [1.82, 2.24) is 19.9 Å². The van der Waals surface area contributed by atoms with Crippen LogP contribution in [0.25, 0.3) is 22.2 Å². The Morgan fingerprint density at radius 1 is 1.17 bits per heavy atom. The van der Waals surface area contributed by atoms with Gasteiger partial charge in [-0.1, -0.05) is 11.6 Å². The van der Waals surface area contributed by atoms with Crippen molar-refractivity contribution < 1.29 is 22.7 Å². The fraction of sp³-hybridized carbons (Fsp3) is 0.417. The number of anilines is 2. The SMILES string of the molecule is C[C@H]1CN(C(=O)OC(C)(C)C)CCN1c1ncnc2cc(-c3nc(N)ccc3C(F)(F)F)c(Cl)cc12. The summed E-state index contributed by atoms with van der Waals surface area (Å²) >= 11 is 6.49. The fourth-order valence-electron chi connectivity index (χ4n) is 4.15. The average molecular weight is 523 g/mol. The molecule has 0 radical (unpaired) electrons. The summed E-state index contributed by atoms with van der Waals surface area (Å²) in [7, 11) is 0. The van der Waals surface area contributed by atoms with Gasteiger partial charge in [-0.2, -0.15) is 13.2 Å². The summed E-state index contributed by atoms with van der Waals surface area (Å²) in [5.41, 5.74) is 4.24. The minimum absolute atomic E-state index is 0.0576. The third kappa shape index (κ3) is 5.25. The van der Waals surface area contributed by atoms with Crippen LogP contribution in [0.15, 0.2) is 30.6 Å². The number of piperazine rings is 1. The lowest BCUT2D eigenvalue weighted by atomic mass is 10.0. The van der Waals surface area contributed by atoms with Crippen molar-refractivity contribution >= 4 is 40.2 Å². The molecule has 0 spiro atoms. The van der Waals surface area contributed by atoms with Gasteiger partial charge in [0.2, 0.25) is 0 Å². The molecule has 1 aliphatic heterocycles. The molecule has 3 aromatic rings. The van der Waals surface area contributed by atoms with Gasteiger partial charge in [-0.15, -0.1) is 0 Å². The zero-order valence-corrected chi connectivity index (χ0v) is 21.0. The summed E-state index contributed by atoms with van der Waals surface area (Å²) in [5, 5.41) is 0.628. The molecule has 2 N–H and O–H groups in total. The second-order valence-corrected chi connectivity index (χ2v) is 10.1. The van der Waals surface area contributed by atoms with Gasteiger partial charge >= 0.3 is 12.3 Å². The maximum absolute atomic E-state index is 13.6. The molecule has 1 aromatic carbocycles. The second kappa shape index (κ2) is 9.27. The quantitative estimate of drug-likeness (QED) is 0.481. The van der Waals surface area contributed by atoms with Crippen molar-refractivity contribution in [2.75, 3.05) is 30.3 Å². The van der Waals surface area contributed by atoms with E-state index in [9.17, 15) is 18.0 Å². The molecule has 36 heavy (non-hydrogen) atoms. The number of hydrogen-bond acceptors (Lipinski definition) is 7. The van der Waals surface area contributed by atoms with E-state index in [1.807, 2.05) is 32.6 Å². The number of nitrogens with two attached hydrogens (primary N) is 1. The van der Waals surface area contributed by atoms with E-state index in [1.165, 1.54) is 12.4 Å². The minimum Gasteiger partial charge on any atom is -0.444 e. The Morgan fingerprint density at radius 3 is 2.53 bits per heavy atom. The zero-order valence-electron chi connectivity index (χ0n) is 20.2. The number of nitrogen functional groups attached to an aromatic ring is 1. The first-order chi connectivity index (χ1) is 16.7. The lowest BCUT2D eigenvalue weighted by Crippen LogP contribution is -2.54. The van der Waals surface area contributed by atoms with Gasteiger partial charge in [0.15, 0.2) is 0 Å². The van der Waals surface area contributed by atoms with E-state index in [4.69, 9.17) is 22.1 Å². The topological polar surface area (TPSA) is 97.5 Å². The summed E-state index contributed by atoms with van der Waals surface area (Å²) in [4.78, 5) is 28.8. The van der Waals surface area contributed by atoms with E-state index in [-0.39, 0.29) is 34.2 Å². The molecule has 3 heterocycles. The number of amides is 1. The van der Waals surface area contributed by atoms with Crippen LogP contribution in [0.3, 0.4) is 0 Å². The number of halogens is 4. The predicted molar refractivity (Wildman–Crippen MR) is 132 cm³/mol. The molecule has 0 aliphatic carbocycles. The number of fused-ring (bicyclic) bond motifs is 1. The lowest BCUT2D eigenvalue weighted by molar-refractivity contribution is -0.137. The summed E-state index contributed by atoms with van der Waals surface area (Å²) < 4.78 is 46.4. The average Bonchev–Trinajstić information content (AvgIpc) is 2.76. The van der Waals surface area contributed by atoms with Crippen LogP contribution < -0.4 is 10.6 Å². The first-order valence-corrected chi connectivity index (χ1v) is 11.7. The summed E-state index contributed by atoms with van der Waals surface area (Å²) in [6, 6.07) is 4.87. The smallest absolute Gasteiger partial charge is 0.418 e. The number of alkyl halides is 3. The highest BCUT2D eigenvalue weighted by molar-refractivity contribution is 6.34. The van der Waals surface area contributed by atoms with Crippen LogP contribution in [0.5, 0.6) is 0 Å². The molecule has 0 unspecified atom stereocenters. The van der Waals surface area contributed by atoms with Crippen LogP contribution in [0.2, 0.25) is 5.02 Å². The van der Waals surface area contributed by atoms with Crippen molar-refractivity contribution in [3.05, 3.63) is 41.2 Å². The zero-order chi connectivity index (χ0) is 26.4. The Bertz CT molecular complexity index is 1310. The standard InChI is InChI=1S/C24H26ClF3N6O2/c1-13-11-33(22(35)36-23(2,3)4)7-8-34(13)21-15-9-17(25)14(10-18(15)30-12-31-21)20-16(24(26,27)28)5-6-19(29)32-20/h5-6,9-10,12-13H,7-8,11H2,1-4H3,(H2,29,32)/t13-/m0/s1. The molecular formula is C24H26ClF3N6O2. The number of carbonyl (C=O) groups excluding carboxylic acids is 1. The Morgan fingerprint density at radius 2 is 1.89 bits per heavy atom. The van der Waals surface area contributed by atoms with Crippen molar-refractivity contribution in [1.29, 1.82) is 0 Å². The molecule has 1 saturated heterocycles. The molecule has 1 aliphatic rings. The van der Waals surface area contributed by atoms with E-state index in [2.05, 4.69) is 15.0 Å². The van der Waals surface area contributed by atoms with Crippen LogP contribution in [-0.2, 0) is 10.9 Å². The van der Waals surface area contributed by atoms with Gasteiger partial charge in [0.05, 0.1) is 21.8 Å². The highest BCUT2D eigenvalue weighted by Gasteiger charge is 2.36. The highest BCUT2D eigenvalue weighted by Crippen LogP contribution is 2.41. The maximum atomic E-state index is 13.6. The summed E-state index contributed by atoms with van der Waals surface area (Å²) in [6.45, 7) is 8.69. The molecule has 12 heteroatoms. The number of carbonyl (C=O) groups is 1. The maximum Gasteiger partial charge on any atom is 0.418 e. The van der Waals surface area contributed by atoms with E-state index in [0.717, 1.165) is 12.1 Å².